The minimum atomic E-state index is 0. The van der Waals surface area contributed by atoms with E-state index in [-0.39, 0.29) is 25.2 Å². The molecule has 0 amide bonds. The second kappa shape index (κ2) is 8.25. The molecule has 1 heterocycles. The third-order valence-electron chi connectivity index (χ3n) is 4.11. The number of phenolic OH excluding ortho intramolecular Hbond substituents is 1. The average Bonchev–Trinajstić information content (AvgIpc) is 3.01. The zero-order chi connectivity index (χ0) is 16.2. The molecule has 0 fully saturated rings. The molecule has 4 heteroatoms. The number of rotatable bonds is 5. The van der Waals surface area contributed by atoms with Crippen LogP contribution in [0.1, 0.15) is 38.4 Å². The Bertz CT molecular complexity index is 783. The van der Waals surface area contributed by atoms with Gasteiger partial charge in [-0.25, -0.2) is 4.98 Å². The molecule has 0 aliphatic carbocycles. The molecule has 3 nitrogen and oxygen atoms in total. The van der Waals surface area contributed by atoms with E-state index in [1.807, 2.05) is 42.6 Å². The molecule has 2 aromatic carbocycles. The van der Waals surface area contributed by atoms with E-state index in [1.165, 1.54) is 0 Å². The van der Waals surface area contributed by atoms with Crippen molar-refractivity contribution in [2.45, 2.75) is 32.6 Å². The van der Waals surface area contributed by atoms with Gasteiger partial charge in [0.2, 0.25) is 0 Å². The summed E-state index contributed by atoms with van der Waals surface area (Å²) in [6.07, 6.45) is 4.23. The molecule has 1 aromatic heterocycles. The van der Waals surface area contributed by atoms with Crippen LogP contribution >= 0.6 is 0 Å². The van der Waals surface area contributed by atoms with E-state index in [2.05, 4.69) is 30.5 Å². The molecule has 0 aliphatic heterocycles. The van der Waals surface area contributed by atoms with Crippen molar-refractivity contribution in [1.29, 1.82) is 0 Å². The maximum atomic E-state index is 10.1. The molecular weight excluding hydrogens is 387 g/mol. The van der Waals surface area contributed by atoms with Crippen molar-refractivity contribution in [3.63, 3.8) is 0 Å². The molecule has 0 bridgehead atoms. The first-order chi connectivity index (χ1) is 11.2. The van der Waals surface area contributed by atoms with Crippen molar-refractivity contribution in [2.75, 3.05) is 0 Å². The fourth-order valence-corrected chi connectivity index (χ4v) is 2.92. The van der Waals surface area contributed by atoms with Crippen LogP contribution in [0.2, 0.25) is 0 Å². The first-order valence-electron chi connectivity index (χ1n) is 8.13. The standard InChI is InChI=1S/C20H22N2O.Rh/c1-3-9-15(2)20-21-18(17-12-7-8-13-19(17)23)14-22(20)16-10-5-4-6-11-16;/h4-8,10-15,23H,3,9H2,1-2H3;. The maximum Gasteiger partial charge on any atom is 0.125 e. The number of hydrogen-bond donors (Lipinski definition) is 1. The SMILES string of the molecule is CCCC(C)c1nc(-c2ccccc2O)cn1-c1ccccc1.[Rh]. The third-order valence-corrected chi connectivity index (χ3v) is 4.11. The minimum absolute atomic E-state index is 0. The minimum Gasteiger partial charge on any atom is -0.507 e. The Balaban J connectivity index is 0.00000208. The van der Waals surface area contributed by atoms with Gasteiger partial charge in [-0.15, -0.1) is 0 Å². The van der Waals surface area contributed by atoms with Gasteiger partial charge in [-0.2, -0.15) is 0 Å². The number of hydrogen-bond acceptors (Lipinski definition) is 2. The topological polar surface area (TPSA) is 38.1 Å². The molecule has 1 radical (unpaired) electrons. The number of benzene rings is 2. The van der Waals surface area contributed by atoms with Gasteiger partial charge in [0.1, 0.15) is 11.6 Å². The zero-order valence-corrected chi connectivity index (χ0v) is 15.6. The molecule has 0 saturated heterocycles. The van der Waals surface area contributed by atoms with Gasteiger partial charge >= 0.3 is 0 Å². The summed E-state index contributed by atoms with van der Waals surface area (Å²) in [5.74, 6) is 1.66. The maximum absolute atomic E-state index is 10.1. The summed E-state index contributed by atoms with van der Waals surface area (Å²) >= 11 is 0. The van der Waals surface area contributed by atoms with Gasteiger partial charge in [0.25, 0.3) is 0 Å². The summed E-state index contributed by atoms with van der Waals surface area (Å²) < 4.78 is 2.14. The van der Waals surface area contributed by atoms with Gasteiger partial charge in [0, 0.05) is 42.8 Å². The molecule has 3 rings (SSSR count). The second-order valence-corrected chi connectivity index (χ2v) is 5.90. The van der Waals surface area contributed by atoms with Gasteiger partial charge in [-0.1, -0.05) is 50.6 Å². The van der Waals surface area contributed by atoms with Crippen molar-refractivity contribution < 1.29 is 24.6 Å². The molecular formula is C20H22N2ORh. The van der Waals surface area contributed by atoms with Gasteiger partial charge < -0.3 is 9.67 Å². The van der Waals surface area contributed by atoms with Crippen molar-refractivity contribution >= 4 is 0 Å². The van der Waals surface area contributed by atoms with E-state index in [0.717, 1.165) is 35.6 Å². The Morgan fingerprint density at radius 3 is 2.38 bits per heavy atom. The van der Waals surface area contributed by atoms with Crippen molar-refractivity contribution in [1.82, 2.24) is 9.55 Å². The predicted molar refractivity (Wildman–Crippen MR) is 94.0 cm³/mol. The van der Waals surface area contributed by atoms with E-state index < -0.39 is 0 Å². The summed E-state index contributed by atoms with van der Waals surface area (Å²) in [5.41, 5.74) is 2.68. The molecule has 0 spiro atoms. The molecule has 1 unspecified atom stereocenters. The number of nitrogens with zero attached hydrogens (tertiary/aromatic N) is 2. The number of aromatic hydroxyl groups is 1. The van der Waals surface area contributed by atoms with Crippen LogP contribution in [0, 0.1) is 0 Å². The van der Waals surface area contributed by atoms with Crippen molar-refractivity contribution in [3.8, 4) is 22.7 Å². The Morgan fingerprint density at radius 1 is 1.04 bits per heavy atom. The monoisotopic (exact) mass is 409 g/mol. The first-order valence-corrected chi connectivity index (χ1v) is 8.13. The molecule has 24 heavy (non-hydrogen) atoms. The van der Waals surface area contributed by atoms with Gasteiger partial charge in [0.15, 0.2) is 0 Å². The summed E-state index contributed by atoms with van der Waals surface area (Å²) in [6, 6.07) is 17.6. The first kappa shape index (κ1) is 18.4. The van der Waals surface area contributed by atoms with Crippen molar-refractivity contribution in [2.24, 2.45) is 0 Å². The Kier molecular flexibility index (Phi) is 6.33. The predicted octanol–water partition coefficient (Wildman–Crippen LogP) is 5.15. The Labute approximate surface area is 156 Å². The summed E-state index contributed by atoms with van der Waals surface area (Å²) in [5, 5.41) is 10.1. The van der Waals surface area contributed by atoms with E-state index in [0.29, 0.717) is 5.92 Å². The normalized spacial score (nSPS) is 11.8. The molecule has 3 aromatic rings. The van der Waals surface area contributed by atoms with Crippen LogP contribution in [0.15, 0.2) is 60.8 Å². The third kappa shape index (κ3) is 3.76. The van der Waals surface area contributed by atoms with Gasteiger partial charge in [-0.3, -0.25) is 0 Å². The fourth-order valence-electron chi connectivity index (χ4n) is 2.92. The number of aromatic nitrogens is 2. The van der Waals surface area contributed by atoms with Crippen LogP contribution in [-0.2, 0) is 19.5 Å². The smallest absolute Gasteiger partial charge is 0.125 e. The van der Waals surface area contributed by atoms with E-state index >= 15 is 0 Å². The van der Waals surface area contributed by atoms with E-state index in [4.69, 9.17) is 4.98 Å². The van der Waals surface area contributed by atoms with Crippen LogP contribution in [0.3, 0.4) is 0 Å². The van der Waals surface area contributed by atoms with Crippen LogP contribution in [0.4, 0.5) is 0 Å². The Hall–Kier alpha value is -1.93. The number of imidazole rings is 1. The molecule has 0 saturated carbocycles. The summed E-state index contributed by atoms with van der Waals surface area (Å²) in [4.78, 5) is 4.84. The van der Waals surface area contributed by atoms with Crippen LogP contribution in [0.5, 0.6) is 5.75 Å². The molecule has 1 atom stereocenters. The number of para-hydroxylation sites is 2. The van der Waals surface area contributed by atoms with E-state index in [1.54, 1.807) is 6.07 Å². The Morgan fingerprint density at radius 2 is 1.71 bits per heavy atom. The van der Waals surface area contributed by atoms with Gasteiger partial charge in [0.05, 0.1) is 5.69 Å². The van der Waals surface area contributed by atoms with Crippen LogP contribution in [-0.4, -0.2) is 14.7 Å². The zero-order valence-electron chi connectivity index (χ0n) is 13.9. The molecule has 127 valence electrons. The molecule has 0 aliphatic rings. The summed E-state index contributed by atoms with van der Waals surface area (Å²) in [7, 11) is 0. The number of phenols is 1. The largest absolute Gasteiger partial charge is 0.507 e. The quantitative estimate of drug-likeness (QED) is 0.593. The average molecular weight is 409 g/mol. The van der Waals surface area contributed by atoms with Crippen LogP contribution < -0.4 is 0 Å². The van der Waals surface area contributed by atoms with Gasteiger partial charge in [-0.05, 0) is 30.7 Å². The van der Waals surface area contributed by atoms with E-state index in [9.17, 15) is 5.11 Å². The van der Waals surface area contributed by atoms with Crippen LogP contribution in [0.25, 0.3) is 16.9 Å². The van der Waals surface area contributed by atoms with Crippen molar-refractivity contribution in [3.05, 3.63) is 66.6 Å². The second-order valence-electron chi connectivity index (χ2n) is 5.90. The summed E-state index contributed by atoms with van der Waals surface area (Å²) in [6.45, 7) is 4.40. The fraction of sp³-hybridized carbons (Fsp3) is 0.250. The molecule has 1 N–H and O–H groups in total.